The Hall–Kier alpha value is -4.01. The van der Waals surface area contributed by atoms with Crippen molar-refractivity contribution >= 4 is 29.3 Å². The molecular weight excluding hydrogens is 391 g/mol. The lowest BCUT2D eigenvalue weighted by Gasteiger charge is -2.12. The smallest absolute Gasteiger partial charge is 0.343 e. The van der Waals surface area contributed by atoms with Gasteiger partial charge in [0.2, 0.25) is 0 Å². The highest BCUT2D eigenvalue weighted by Gasteiger charge is 2.22. The first-order valence-corrected chi connectivity index (χ1v) is 9.13. The molecule has 1 heterocycles. The summed E-state index contributed by atoms with van der Waals surface area (Å²) in [5, 5.41) is 8.86. The Morgan fingerprint density at radius 3 is 2.43 bits per heavy atom. The van der Waals surface area contributed by atoms with Gasteiger partial charge in [0.15, 0.2) is 5.78 Å². The Labute approximate surface area is 171 Å². The van der Waals surface area contributed by atoms with Crippen LogP contribution < -0.4 is 10.6 Å². The standard InChI is InChI=1S/C21H19FN4O4/c1-2-30-20(28)15-12-23-26(13-18(27)14-8-4-3-5-9-14)19(15)25-21(29)24-17-11-7-6-10-16(17)22/h3-12H,2,13H2,1H3,(H2,24,25,29). The summed E-state index contributed by atoms with van der Waals surface area (Å²) in [4.78, 5) is 37.2. The molecule has 1 aromatic heterocycles. The molecular formula is C21H19FN4O4. The minimum atomic E-state index is -0.806. The molecule has 9 heteroatoms. The Bertz CT molecular complexity index is 1070. The zero-order valence-electron chi connectivity index (χ0n) is 16.1. The molecule has 0 saturated heterocycles. The van der Waals surface area contributed by atoms with E-state index >= 15 is 0 Å². The van der Waals surface area contributed by atoms with Crippen LogP contribution in [-0.4, -0.2) is 34.2 Å². The van der Waals surface area contributed by atoms with Crippen molar-refractivity contribution in [1.29, 1.82) is 0 Å². The fourth-order valence-corrected chi connectivity index (χ4v) is 2.67. The van der Waals surface area contributed by atoms with E-state index in [1.54, 1.807) is 43.3 Å². The van der Waals surface area contributed by atoms with Gasteiger partial charge in [-0.15, -0.1) is 0 Å². The van der Waals surface area contributed by atoms with Crippen LogP contribution in [0, 0.1) is 5.82 Å². The van der Waals surface area contributed by atoms with E-state index in [0.29, 0.717) is 5.56 Å². The number of esters is 1. The molecule has 0 atom stereocenters. The van der Waals surface area contributed by atoms with Crippen molar-refractivity contribution in [2.45, 2.75) is 13.5 Å². The van der Waals surface area contributed by atoms with Crippen molar-refractivity contribution in [1.82, 2.24) is 9.78 Å². The predicted molar refractivity (Wildman–Crippen MR) is 108 cm³/mol. The summed E-state index contributed by atoms with van der Waals surface area (Å²) in [6.07, 6.45) is 1.20. The van der Waals surface area contributed by atoms with Gasteiger partial charge < -0.3 is 10.1 Å². The van der Waals surface area contributed by atoms with Gasteiger partial charge in [0.1, 0.15) is 23.7 Å². The number of nitrogens with zero attached hydrogens (tertiary/aromatic N) is 2. The number of nitrogens with one attached hydrogen (secondary N) is 2. The first kappa shape index (κ1) is 20.7. The zero-order chi connectivity index (χ0) is 21.5. The number of hydrogen-bond acceptors (Lipinski definition) is 5. The van der Waals surface area contributed by atoms with Crippen molar-refractivity contribution in [3.8, 4) is 0 Å². The molecule has 0 aliphatic heterocycles. The molecule has 0 spiro atoms. The van der Waals surface area contributed by atoms with E-state index in [1.165, 1.54) is 29.1 Å². The quantitative estimate of drug-likeness (QED) is 0.456. The lowest BCUT2D eigenvalue weighted by molar-refractivity contribution is 0.0527. The average molecular weight is 410 g/mol. The number of Topliss-reactive ketones (excluding diaryl/α,β-unsaturated/α-hetero) is 1. The molecule has 2 N–H and O–H groups in total. The number of halogens is 1. The summed E-state index contributed by atoms with van der Waals surface area (Å²) >= 11 is 0. The molecule has 0 saturated carbocycles. The summed E-state index contributed by atoms with van der Waals surface area (Å²) in [7, 11) is 0. The first-order chi connectivity index (χ1) is 14.5. The fraction of sp³-hybridized carbons (Fsp3) is 0.143. The maximum absolute atomic E-state index is 13.8. The van der Waals surface area contributed by atoms with Crippen LogP contribution in [0.25, 0.3) is 0 Å². The number of para-hydroxylation sites is 1. The first-order valence-electron chi connectivity index (χ1n) is 9.13. The molecule has 3 aromatic rings. The molecule has 8 nitrogen and oxygen atoms in total. The zero-order valence-corrected chi connectivity index (χ0v) is 16.1. The van der Waals surface area contributed by atoms with Gasteiger partial charge >= 0.3 is 12.0 Å². The largest absolute Gasteiger partial charge is 0.462 e. The van der Waals surface area contributed by atoms with Crippen LogP contribution in [-0.2, 0) is 11.3 Å². The van der Waals surface area contributed by atoms with Crippen LogP contribution in [0.15, 0.2) is 60.8 Å². The molecule has 2 amide bonds. The fourth-order valence-electron chi connectivity index (χ4n) is 2.67. The minimum absolute atomic E-state index is 0.0265. The van der Waals surface area contributed by atoms with Gasteiger partial charge in [0.25, 0.3) is 0 Å². The number of ketones is 1. The number of ether oxygens (including phenoxy) is 1. The van der Waals surface area contributed by atoms with Crippen molar-refractivity contribution in [2.24, 2.45) is 0 Å². The Morgan fingerprint density at radius 2 is 1.73 bits per heavy atom. The van der Waals surface area contributed by atoms with Gasteiger partial charge in [0, 0.05) is 5.56 Å². The summed E-state index contributed by atoms with van der Waals surface area (Å²) in [5.74, 6) is -1.64. The van der Waals surface area contributed by atoms with Gasteiger partial charge in [-0.25, -0.2) is 18.7 Å². The third-order valence-electron chi connectivity index (χ3n) is 4.08. The number of carbonyl (C=O) groups excluding carboxylic acids is 3. The maximum Gasteiger partial charge on any atom is 0.343 e. The van der Waals surface area contributed by atoms with E-state index in [0.717, 1.165) is 0 Å². The van der Waals surface area contributed by atoms with Crippen molar-refractivity contribution < 1.29 is 23.5 Å². The SMILES string of the molecule is CCOC(=O)c1cnn(CC(=O)c2ccccc2)c1NC(=O)Nc1ccccc1F. The minimum Gasteiger partial charge on any atom is -0.462 e. The second-order valence-electron chi connectivity index (χ2n) is 6.13. The molecule has 154 valence electrons. The van der Waals surface area contributed by atoms with Gasteiger partial charge in [-0.1, -0.05) is 42.5 Å². The predicted octanol–water partition coefficient (Wildman–Crippen LogP) is 3.73. The van der Waals surface area contributed by atoms with Crippen LogP contribution >= 0.6 is 0 Å². The summed E-state index contributed by atoms with van der Waals surface area (Å²) in [6, 6.07) is 13.4. The molecule has 0 aliphatic rings. The Morgan fingerprint density at radius 1 is 1.03 bits per heavy atom. The maximum atomic E-state index is 13.8. The Balaban J connectivity index is 1.85. The highest BCUT2D eigenvalue weighted by molar-refractivity contribution is 6.04. The number of hydrogen-bond donors (Lipinski definition) is 2. The van der Waals surface area contributed by atoms with E-state index in [9.17, 15) is 18.8 Å². The molecule has 0 aliphatic carbocycles. The third kappa shape index (κ3) is 4.88. The number of anilines is 2. The number of benzene rings is 2. The average Bonchev–Trinajstić information content (AvgIpc) is 3.12. The molecule has 0 bridgehead atoms. The third-order valence-corrected chi connectivity index (χ3v) is 4.08. The van der Waals surface area contributed by atoms with Crippen LogP contribution in [0.5, 0.6) is 0 Å². The van der Waals surface area contributed by atoms with Crippen LogP contribution in [0.2, 0.25) is 0 Å². The van der Waals surface area contributed by atoms with E-state index in [1.807, 2.05) is 0 Å². The van der Waals surface area contributed by atoms with Gasteiger partial charge in [0.05, 0.1) is 18.5 Å². The van der Waals surface area contributed by atoms with Crippen molar-refractivity contribution in [3.63, 3.8) is 0 Å². The van der Waals surface area contributed by atoms with Crippen molar-refractivity contribution in [3.05, 3.63) is 77.7 Å². The van der Waals surface area contributed by atoms with E-state index in [4.69, 9.17) is 4.74 Å². The highest BCUT2D eigenvalue weighted by Crippen LogP contribution is 2.19. The second-order valence-corrected chi connectivity index (χ2v) is 6.13. The topological polar surface area (TPSA) is 102 Å². The second kappa shape index (κ2) is 9.46. The number of rotatable bonds is 7. The van der Waals surface area contributed by atoms with Crippen LogP contribution in [0.1, 0.15) is 27.6 Å². The van der Waals surface area contributed by atoms with E-state index in [2.05, 4.69) is 15.7 Å². The molecule has 0 fully saturated rings. The highest BCUT2D eigenvalue weighted by atomic mass is 19.1. The number of amides is 2. The van der Waals surface area contributed by atoms with Gasteiger partial charge in [-0.3, -0.25) is 10.1 Å². The van der Waals surface area contributed by atoms with Crippen LogP contribution in [0.4, 0.5) is 20.7 Å². The monoisotopic (exact) mass is 410 g/mol. The van der Waals surface area contributed by atoms with Crippen LogP contribution in [0.3, 0.4) is 0 Å². The van der Waals surface area contributed by atoms with E-state index < -0.39 is 17.8 Å². The molecule has 0 unspecified atom stereocenters. The lowest BCUT2D eigenvalue weighted by Crippen LogP contribution is -2.25. The normalized spacial score (nSPS) is 10.3. The summed E-state index contributed by atoms with van der Waals surface area (Å²) < 4.78 is 20.0. The Kier molecular flexibility index (Phi) is 6.53. The van der Waals surface area contributed by atoms with Gasteiger partial charge in [-0.2, -0.15) is 5.10 Å². The number of aromatic nitrogens is 2. The molecule has 0 radical (unpaired) electrons. The molecule has 2 aromatic carbocycles. The van der Waals surface area contributed by atoms with Crippen molar-refractivity contribution in [2.75, 3.05) is 17.2 Å². The molecule has 3 rings (SSSR count). The number of urea groups is 1. The number of carbonyl (C=O) groups is 3. The van der Waals surface area contributed by atoms with E-state index in [-0.39, 0.29) is 36.0 Å². The van der Waals surface area contributed by atoms with Gasteiger partial charge in [-0.05, 0) is 19.1 Å². The lowest BCUT2D eigenvalue weighted by atomic mass is 10.1. The summed E-state index contributed by atoms with van der Waals surface area (Å²) in [6.45, 7) is 1.53. The summed E-state index contributed by atoms with van der Waals surface area (Å²) in [5.41, 5.74) is 0.382. The molecule has 30 heavy (non-hydrogen) atoms.